The van der Waals surface area contributed by atoms with Crippen LogP contribution >= 0.6 is 0 Å². The number of hydrogen-bond acceptors (Lipinski definition) is 4. The fourth-order valence-electron chi connectivity index (χ4n) is 1.67. The second kappa shape index (κ2) is 6.69. The number of esters is 1. The Morgan fingerprint density at radius 1 is 1.47 bits per heavy atom. The summed E-state index contributed by atoms with van der Waals surface area (Å²) in [6, 6.07) is 4.67. The molecule has 0 fully saturated rings. The van der Waals surface area contributed by atoms with Crippen molar-refractivity contribution in [1.82, 2.24) is 0 Å². The molecule has 1 aromatic carbocycles. The molecule has 0 radical (unpaired) electrons. The molecule has 1 rings (SSSR count). The number of rotatable bonds is 5. The molecule has 4 nitrogen and oxygen atoms in total. The first kappa shape index (κ1) is 14.9. The van der Waals surface area contributed by atoms with Gasteiger partial charge in [0.2, 0.25) is 0 Å². The third-order valence-electron chi connectivity index (χ3n) is 2.33. The van der Waals surface area contributed by atoms with E-state index in [9.17, 15) is 13.6 Å². The summed E-state index contributed by atoms with van der Waals surface area (Å²) in [6.07, 6.45) is -0.216. The standard InChI is InChI=1S/C13H13F2NO3/c1-3-18-11(17)6-10-5-9(7-16)4-8(2)12(10)19-13(14)15/h4-5,13H,3,6H2,1-2H3. The molecule has 0 bridgehead atoms. The zero-order valence-electron chi connectivity index (χ0n) is 10.6. The number of nitriles is 1. The van der Waals surface area contributed by atoms with E-state index in [1.807, 2.05) is 6.07 Å². The maximum Gasteiger partial charge on any atom is 0.387 e. The van der Waals surface area contributed by atoms with E-state index in [4.69, 9.17) is 10.00 Å². The number of carbonyl (C=O) groups excluding carboxylic acids is 1. The minimum Gasteiger partial charge on any atom is -0.466 e. The lowest BCUT2D eigenvalue weighted by atomic mass is 10.0. The molecule has 0 spiro atoms. The van der Waals surface area contributed by atoms with E-state index >= 15 is 0 Å². The van der Waals surface area contributed by atoms with Gasteiger partial charge in [-0.3, -0.25) is 4.79 Å². The molecular formula is C13H13F2NO3. The third kappa shape index (κ3) is 4.21. The van der Waals surface area contributed by atoms with E-state index in [0.717, 1.165) is 0 Å². The topological polar surface area (TPSA) is 59.3 Å². The average Bonchev–Trinajstić information content (AvgIpc) is 2.33. The molecule has 0 aromatic heterocycles. The van der Waals surface area contributed by atoms with Crippen LogP contribution in [0.25, 0.3) is 0 Å². The highest BCUT2D eigenvalue weighted by atomic mass is 19.3. The van der Waals surface area contributed by atoms with Crippen molar-refractivity contribution in [1.29, 1.82) is 5.26 Å². The van der Waals surface area contributed by atoms with E-state index in [1.165, 1.54) is 19.1 Å². The van der Waals surface area contributed by atoms with Gasteiger partial charge in [-0.15, -0.1) is 0 Å². The Morgan fingerprint density at radius 3 is 2.68 bits per heavy atom. The van der Waals surface area contributed by atoms with E-state index in [0.29, 0.717) is 5.56 Å². The van der Waals surface area contributed by atoms with Crippen molar-refractivity contribution in [2.75, 3.05) is 6.61 Å². The number of hydrogen-bond donors (Lipinski definition) is 0. The molecule has 0 N–H and O–H groups in total. The van der Waals surface area contributed by atoms with Crippen LogP contribution in [0.4, 0.5) is 8.78 Å². The molecular weight excluding hydrogens is 256 g/mol. The summed E-state index contributed by atoms with van der Waals surface area (Å²) in [4.78, 5) is 11.4. The number of alkyl halides is 2. The predicted molar refractivity (Wildman–Crippen MR) is 62.9 cm³/mol. The quantitative estimate of drug-likeness (QED) is 0.771. The smallest absolute Gasteiger partial charge is 0.387 e. The van der Waals surface area contributed by atoms with Gasteiger partial charge in [0.1, 0.15) is 5.75 Å². The van der Waals surface area contributed by atoms with E-state index in [-0.39, 0.29) is 29.9 Å². The summed E-state index contributed by atoms with van der Waals surface area (Å²) >= 11 is 0. The molecule has 0 amide bonds. The first-order chi connectivity index (χ1) is 8.97. The van der Waals surface area contributed by atoms with Crippen molar-refractivity contribution in [3.8, 4) is 11.8 Å². The van der Waals surface area contributed by atoms with Crippen molar-refractivity contribution in [3.63, 3.8) is 0 Å². The van der Waals surface area contributed by atoms with Gasteiger partial charge in [0, 0.05) is 5.56 Å². The fraction of sp³-hybridized carbons (Fsp3) is 0.385. The number of benzene rings is 1. The summed E-state index contributed by atoms with van der Waals surface area (Å²) in [7, 11) is 0. The Hall–Kier alpha value is -2.16. The molecule has 0 unspecified atom stereocenters. The van der Waals surface area contributed by atoms with Gasteiger partial charge in [-0.1, -0.05) is 0 Å². The van der Waals surface area contributed by atoms with Crippen molar-refractivity contribution in [2.45, 2.75) is 26.9 Å². The van der Waals surface area contributed by atoms with Gasteiger partial charge < -0.3 is 9.47 Å². The molecule has 19 heavy (non-hydrogen) atoms. The summed E-state index contributed by atoms with van der Waals surface area (Å²) in [5.74, 6) is -0.641. The van der Waals surface area contributed by atoms with Crippen LogP contribution in [0, 0.1) is 18.3 Å². The largest absolute Gasteiger partial charge is 0.466 e. The molecule has 6 heteroatoms. The molecule has 0 aliphatic heterocycles. The zero-order chi connectivity index (χ0) is 14.4. The maximum absolute atomic E-state index is 12.3. The second-order valence-corrected chi connectivity index (χ2v) is 3.75. The van der Waals surface area contributed by atoms with Crippen molar-refractivity contribution < 1.29 is 23.0 Å². The van der Waals surface area contributed by atoms with Gasteiger partial charge in [-0.25, -0.2) is 0 Å². The van der Waals surface area contributed by atoms with Gasteiger partial charge >= 0.3 is 12.6 Å². The van der Waals surface area contributed by atoms with Crippen LogP contribution in [0.5, 0.6) is 5.75 Å². The Balaban J connectivity index is 3.13. The van der Waals surface area contributed by atoms with E-state index in [2.05, 4.69) is 4.74 Å². The molecule has 102 valence electrons. The number of carbonyl (C=O) groups is 1. The van der Waals surface area contributed by atoms with Gasteiger partial charge in [0.05, 0.1) is 24.7 Å². The molecule has 0 aliphatic carbocycles. The Labute approximate surface area is 109 Å². The van der Waals surface area contributed by atoms with Crippen molar-refractivity contribution in [2.24, 2.45) is 0 Å². The molecule has 1 aromatic rings. The summed E-state index contributed by atoms with van der Waals surface area (Å²) in [5.41, 5.74) is 0.868. The number of halogens is 2. The minimum atomic E-state index is -2.99. The minimum absolute atomic E-state index is 0.0814. The lowest BCUT2D eigenvalue weighted by Crippen LogP contribution is -2.12. The molecule has 0 heterocycles. The van der Waals surface area contributed by atoms with Gasteiger partial charge in [-0.05, 0) is 31.5 Å². The maximum atomic E-state index is 12.3. The Bertz CT molecular complexity index is 509. The van der Waals surface area contributed by atoms with Gasteiger partial charge in [0.15, 0.2) is 0 Å². The van der Waals surface area contributed by atoms with Crippen LogP contribution in [0.15, 0.2) is 12.1 Å². The van der Waals surface area contributed by atoms with E-state index in [1.54, 1.807) is 6.92 Å². The number of nitrogens with zero attached hydrogens (tertiary/aromatic N) is 1. The van der Waals surface area contributed by atoms with Crippen LogP contribution < -0.4 is 4.74 Å². The molecule has 0 atom stereocenters. The summed E-state index contributed by atoms with van der Waals surface area (Å²) in [5, 5.41) is 8.84. The monoisotopic (exact) mass is 269 g/mol. The highest BCUT2D eigenvalue weighted by Crippen LogP contribution is 2.27. The highest BCUT2D eigenvalue weighted by molar-refractivity contribution is 5.74. The predicted octanol–water partition coefficient (Wildman–Crippen LogP) is 2.57. The SMILES string of the molecule is CCOC(=O)Cc1cc(C#N)cc(C)c1OC(F)F. The number of ether oxygens (including phenoxy) is 2. The molecule has 0 saturated carbocycles. The second-order valence-electron chi connectivity index (χ2n) is 3.75. The summed E-state index contributed by atoms with van der Waals surface area (Å²) < 4.78 is 33.8. The van der Waals surface area contributed by atoms with Gasteiger partial charge in [-0.2, -0.15) is 14.0 Å². The van der Waals surface area contributed by atoms with Crippen LogP contribution in [0.2, 0.25) is 0 Å². The Morgan fingerprint density at radius 2 is 2.16 bits per heavy atom. The Kier molecular flexibility index (Phi) is 5.24. The fourth-order valence-corrected chi connectivity index (χ4v) is 1.67. The number of aryl methyl sites for hydroxylation is 1. The van der Waals surface area contributed by atoms with E-state index < -0.39 is 12.6 Å². The zero-order valence-corrected chi connectivity index (χ0v) is 10.6. The van der Waals surface area contributed by atoms with Crippen molar-refractivity contribution >= 4 is 5.97 Å². The highest BCUT2D eigenvalue weighted by Gasteiger charge is 2.17. The summed E-state index contributed by atoms with van der Waals surface area (Å²) in [6.45, 7) is 0.381. The van der Waals surface area contributed by atoms with Crippen molar-refractivity contribution in [3.05, 3.63) is 28.8 Å². The van der Waals surface area contributed by atoms with Crippen LogP contribution in [-0.4, -0.2) is 19.2 Å². The first-order valence-corrected chi connectivity index (χ1v) is 5.62. The lowest BCUT2D eigenvalue weighted by Gasteiger charge is -2.13. The third-order valence-corrected chi connectivity index (χ3v) is 2.33. The van der Waals surface area contributed by atoms with Crippen LogP contribution in [0.1, 0.15) is 23.6 Å². The van der Waals surface area contributed by atoms with Crippen LogP contribution in [-0.2, 0) is 16.0 Å². The lowest BCUT2D eigenvalue weighted by molar-refractivity contribution is -0.142. The normalized spacial score (nSPS) is 10.1. The van der Waals surface area contributed by atoms with Crippen LogP contribution in [0.3, 0.4) is 0 Å². The molecule has 0 saturated heterocycles. The van der Waals surface area contributed by atoms with Gasteiger partial charge in [0.25, 0.3) is 0 Å². The average molecular weight is 269 g/mol. The first-order valence-electron chi connectivity index (χ1n) is 5.62. The molecule has 0 aliphatic rings.